The van der Waals surface area contributed by atoms with Crippen LogP contribution in [-0.2, 0) is 22.6 Å². The van der Waals surface area contributed by atoms with E-state index in [1.807, 2.05) is 62.5 Å². The van der Waals surface area contributed by atoms with Crippen LogP contribution in [0, 0.1) is 18.3 Å². The van der Waals surface area contributed by atoms with Gasteiger partial charge in [-0.15, -0.1) is 0 Å². The summed E-state index contributed by atoms with van der Waals surface area (Å²) in [6.45, 7) is 4.54. The third-order valence-corrected chi connectivity index (χ3v) is 7.65. The molecule has 1 fully saturated rings. The van der Waals surface area contributed by atoms with E-state index in [0.717, 1.165) is 52.8 Å². The van der Waals surface area contributed by atoms with Gasteiger partial charge in [0.2, 0.25) is 5.88 Å². The van der Waals surface area contributed by atoms with Crippen molar-refractivity contribution in [3.63, 3.8) is 0 Å². The van der Waals surface area contributed by atoms with E-state index in [4.69, 9.17) is 19.2 Å². The number of nitrogens with one attached hydrogen (secondary N) is 1. The molecule has 2 aromatic carbocycles. The van der Waals surface area contributed by atoms with Gasteiger partial charge in [0, 0.05) is 29.4 Å². The van der Waals surface area contributed by atoms with Gasteiger partial charge >= 0.3 is 5.97 Å². The first kappa shape index (κ1) is 24.1. The van der Waals surface area contributed by atoms with E-state index in [-0.39, 0.29) is 12.7 Å². The zero-order valence-electron chi connectivity index (χ0n) is 21.5. The lowest BCUT2D eigenvalue weighted by atomic mass is 9.79. The third-order valence-electron chi connectivity index (χ3n) is 7.65. The summed E-state index contributed by atoms with van der Waals surface area (Å²) < 4.78 is 18.4. The van der Waals surface area contributed by atoms with E-state index >= 15 is 0 Å². The second-order valence-corrected chi connectivity index (χ2v) is 10.1. The Morgan fingerprint density at radius 3 is 2.74 bits per heavy atom. The van der Waals surface area contributed by atoms with Crippen molar-refractivity contribution in [3.05, 3.63) is 93.3 Å². The van der Waals surface area contributed by atoms with Crippen molar-refractivity contribution in [2.24, 2.45) is 0 Å². The van der Waals surface area contributed by atoms with Gasteiger partial charge in [0.15, 0.2) is 0 Å². The van der Waals surface area contributed by atoms with Gasteiger partial charge in [0.25, 0.3) is 0 Å². The molecule has 3 aliphatic rings. The van der Waals surface area contributed by atoms with E-state index in [1.54, 1.807) is 0 Å². The molecule has 1 aromatic heterocycles. The lowest BCUT2D eigenvalue weighted by molar-refractivity contribution is -0.140. The van der Waals surface area contributed by atoms with Crippen molar-refractivity contribution in [3.8, 4) is 17.7 Å². The van der Waals surface area contributed by atoms with Crippen molar-refractivity contribution in [1.29, 1.82) is 5.26 Å². The Kier molecular flexibility index (Phi) is 6.24. The fourth-order valence-electron chi connectivity index (χ4n) is 5.43. The zero-order chi connectivity index (χ0) is 26.2. The Bertz CT molecular complexity index is 1490. The number of allylic oxidation sites excluding steroid dienone is 1. The second-order valence-electron chi connectivity index (χ2n) is 10.1. The number of carbonyl (C=O) groups is 1. The van der Waals surface area contributed by atoms with Gasteiger partial charge in [0.05, 0.1) is 41.0 Å². The molecular formula is C31H29N3O4. The smallest absolute Gasteiger partial charge is 0.337 e. The molecule has 38 heavy (non-hydrogen) atoms. The van der Waals surface area contributed by atoms with Gasteiger partial charge in [-0.25, -0.2) is 9.78 Å². The van der Waals surface area contributed by atoms with Crippen LogP contribution < -0.4 is 14.8 Å². The number of hydrogen-bond acceptors (Lipinski definition) is 7. The average Bonchev–Trinajstić information content (AvgIpc) is 3.40. The highest BCUT2D eigenvalue weighted by molar-refractivity contribution is 5.95. The third kappa shape index (κ3) is 4.16. The van der Waals surface area contributed by atoms with Crippen LogP contribution in [-0.4, -0.2) is 23.7 Å². The summed E-state index contributed by atoms with van der Waals surface area (Å²) in [4.78, 5) is 18.5. The molecule has 1 atom stereocenters. The van der Waals surface area contributed by atoms with Crippen LogP contribution in [0.25, 0.3) is 0 Å². The van der Waals surface area contributed by atoms with Crippen LogP contribution >= 0.6 is 0 Å². The number of pyridine rings is 1. The summed E-state index contributed by atoms with van der Waals surface area (Å²) in [5, 5.41) is 13.2. The lowest BCUT2D eigenvalue weighted by Crippen LogP contribution is -2.29. The maximum atomic E-state index is 13.8. The number of nitriles is 1. The molecule has 192 valence electrons. The van der Waals surface area contributed by atoms with Crippen molar-refractivity contribution in [2.45, 2.75) is 58.2 Å². The molecule has 1 unspecified atom stereocenters. The molecule has 3 aromatic rings. The Hall–Kier alpha value is -4.31. The summed E-state index contributed by atoms with van der Waals surface area (Å²) >= 11 is 0. The number of carbonyl (C=O) groups excluding carboxylic acids is 1. The normalized spacial score (nSPS) is 17.9. The SMILES string of the molecule is CC1=C(C(=O)OCc2ccccc2)C(c2ccc(C#N)c3c2OCC3)c2c(OC3CCC3)ncc(C)c2N1. The van der Waals surface area contributed by atoms with Crippen LogP contribution in [0.5, 0.6) is 11.6 Å². The van der Waals surface area contributed by atoms with Crippen molar-refractivity contribution < 1.29 is 19.0 Å². The molecule has 1 N–H and O–H groups in total. The second kappa shape index (κ2) is 9.86. The number of esters is 1. The molecule has 1 aliphatic carbocycles. The van der Waals surface area contributed by atoms with Gasteiger partial charge in [-0.05, 0) is 50.3 Å². The minimum absolute atomic E-state index is 0.110. The average molecular weight is 508 g/mol. The first-order valence-corrected chi connectivity index (χ1v) is 13.1. The summed E-state index contributed by atoms with van der Waals surface area (Å²) in [5.41, 5.74) is 7.03. The topological polar surface area (TPSA) is 93.5 Å². The molecular weight excluding hydrogens is 478 g/mol. The van der Waals surface area contributed by atoms with Gasteiger partial charge in [-0.1, -0.05) is 36.4 Å². The van der Waals surface area contributed by atoms with E-state index in [2.05, 4.69) is 11.4 Å². The van der Waals surface area contributed by atoms with E-state index in [1.165, 1.54) is 0 Å². The minimum Gasteiger partial charge on any atom is -0.493 e. The predicted molar refractivity (Wildman–Crippen MR) is 142 cm³/mol. The summed E-state index contributed by atoms with van der Waals surface area (Å²) in [5.74, 6) is 0.238. The van der Waals surface area contributed by atoms with E-state index in [0.29, 0.717) is 41.5 Å². The number of rotatable bonds is 6. The minimum atomic E-state index is -0.531. The Morgan fingerprint density at radius 2 is 2.00 bits per heavy atom. The first-order chi connectivity index (χ1) is 18.5. The first-order valence-electron chi connectivity index (χ1n) is 13.1. The summed E-state index contributed by atoms with van der Waals surface area (Å²) in [7, 11) is 0. The molecule has 0 radical (unpaired) electrons. The highest BCUT2D eigenvalue weighted by Gasteiger charge is 2.40. The summed E-state index contributed by atoms with van der Waals surface area (Å²) in [6.07, 6.45) is 5.67. The molecule has 0 spiro atoms. The van der Waals surface area contributed by atoms with Crippen LogP contribution in [0.4, 0.5) is 5.69 Å². The molecule has 0 bridgehead atoms. The van der Waals surface area contributed by atoms with Crippen LogP contribution in [0.15, 0.2) is 59.9 Å². The van der Waals surface area contributed by atoms with Gasteiger partial charge in [-0.2, -0.15) is 5.26 Å². The van der Waals surface area contributed by atoms with Crippen LogP contribution in [0.1, 0.15) is 65.5 Å². The number of hydrogen-bond donors (Lipinski definition) is 1. The van der Waals surface area contributed by atoms with E-state index < -0.39 is 11.9 Å². The number of aryl methyl sites for hydroxylation is 1. The van der Waals surface area contributed by atoms with Crippen molar-refractivity contribution in [1.82, 2.24) is 4.98 Å². The quantitative estimate of drug-likeness (QED) is 0.428. The molecule has 3 heterocycles. The van der Waals surface area contributed by atoms with Gasteiger partial charge in [0.1, 0.15) is 18.5 Å². The van der Waals surface area contributed by atoms with Gasteiger partial charge < -0.3 is 19.5 Å². The molecule has 1 saturated carbocycles. The maximum Gasteiger partial charge on any atom is 0.337 e. The fraction of sp³-hybridized carbons (Fsp3) is 0.323. The molecule has 0 amide bonds. The number of aromatic nitrogens is 1. The Labute approximate surface area is 222 Å². The largest absolute Gasteiger partial charge is 0.493 e. The van der Waals surface area contributed by atoms with Crippen LogP contribution in [0.2, 0.25) is 0 Å². The Balaban J connectivity index is 1.50. The number of benzene rings is 2. The fourth-order valence-corrected chi connectivity index (χ4v) is 5.43. The number of fused-ring (bicyclic) bond motifs is 2. The zero-order valence-corrected chi connectivity index (χ0v) is 21.5. The highest BCUT2D eigenvalue weighted by Crippen LogP contribution is 2.51. The molecule has 7 nitrogen and oxygen atoms in total. The van der Waals surface area contributed by atoms with Crippen molar-refractivity contribution >= 4 is 11.7 Å². The number of ether oxygens (including phenoxy) is 3. The lowest BCUT2D eigenvalue weighted by Gasteiger charge is -2.34. The number of nitrogens with zero attached hydrogens (tertiary/aromatic N) is 2. The molecule has 6 rings (SSSR count). The van der Waals surface area contributed by atoms with Crippen molar-refractivity contribution in [2.75, 3.05) is 11.9 Å². The van der Waals surface area contributed by atoms with E-state index in [9.17, 15) is 10.1 Å². The predicted octanol–water partition coefficient (Wildman–Crippen LogP) is 5.70. The maximum absolute atomic E-state index is 13.8. The highest BCUT2D eigenvalue weighted by atomic mass is 16.5. The standard InChI is InChI=1S/C31H29N3O4/c1-18-16-33-30(38-22-9-6-10-22)27-26(24-12-11-21(15-32)23-13-14-36-29(23)24)25(19(2)34-28(18)27)31(35)37-17-20-7-4-3-5-8-20/h3-5,7-8,11-12,16,22,26,34H,6,9-10,13-14,17H2,1-2H3. The summed E-state index contributed by atoms with van der Waals surface area (Å²) in [6, 6.07) is 15.6. The molecule has 7 heteroatoms. The van der Waals surface area contributed by atoms with Gasteiger partial charge in [-0.3, -0.25) is 0 Å². The molecule has 2 aliphatic heterocycles. The number of anilines is 1. The Morgan fingerprint density at radius 1 is 1.18 bits per heavy atom. The molecule has 0 saturated heterocycles. The van der Waals surface area contributed by atoms with Crippen LogP contribution in [0.3, 0.4) is 0 Å². The monoisotopic (exact) mass is 507 g/mol.